The van der Waals surface area contributed by atoms with Crippen LogP contribution in [0, 0.1) is 6.92 Å². The highest BCUT2D eigenvalue weighted by Gasteiger charge is 2.15. The number of aryl methyl sites for hydroxylation is 1. The van der Waals surface area contributed by atoms with Crippen molar-refractivity contribution in [1.29, 1.82) is 0 Å². The van der Waals surface area contributed by atoms with E-state index in [0.29, 0.717) is 15.7 Å². The molecule has 0 radical (unpaired) electrons. The summed E-state index contributed by atoms with van der Waals surface area (Å²) in [5, 5.41) is 4.73. The van der Waals surface area contributed by atoms with Crippen molar-refractivity contribution in [1.82, 2.24) is 4.98 Å². The number of hydrogen-bond donors (Lipinski definition) is 1. The minimum Gasteiger partial charge on any atom is -0.465 e. The molecule has 0 amide bonds. The Kier molecular flexibility index (Phi) is 6.31. The molecule has 0 spiro atoms. The minimum atomic E-state index is -0.381. The van der Waals surface area contributed by atoms with Gasteiger partial charge in [0.25, 0.3) is 0 Å². The maximum absolute atomic E-state index is 11.6. The van der Waals surface area contributed by atoms with Crippen LogP contribution in [0.3, 0.4) is 0 Å². The van der Waals surface area contributed by atoms with Crippen LogP contribution >= 0.6 is 11.3 Å². The number of anilines is 2. The third kappa shape index (κ3) is 4.32. The number of carbonyl (C=O) groups is 1. The summed E-state index contributed by atoms with van der Waals surface area (Å²) in [7, 11) is 1.36. The highest BCUT2D eigenvalue weighted by Crippen LogP contribution is 2.23. The van der Waals surface area contributed by atoms with Gasteiger partial charge in [-0.2, -0.15) is 5.10 Å². The fourth-order valence-corrected chi connectivity index (χ4v) is 3.08. The highest BCUT2D eigenvalue weighted by atomic mass is 32.1. The Morgan fingerprint density at radius 2 is 2.00 bits per heavy atom. The predicted octanol–water partition coefficient (Wildman–Crippen LogP) is 3.53. The Morgan fingerprint density at radius 1 is 1.33 bits per heavy atom. The van der Waals surface area contributed by atoms with E-state index in [4.69, 9.17) is 4.74 Å². The first-order valence-electron chi connectivity index (χ1n) is 7.78. The van der Waals surface area contributed by atoms with Crippen molar-refractivity contribution in [2.75, 3.05) is 30.5 Å². The number of benzene rings is 1. The predicted molar refractivity (Wildman–Crippen MR) is 99.4 cm³/mol. The van der Waals surface area contributed by atoms with E-state index in [-0.39, 0.29) is 5.97 Å². The van der Waals surface area contributed by atoms with Crippen LogP contribution in [0.25, 0.3) is 0 Å². The van der Waals surface area contributed by atoms with Crippen LogP contribution in [0.4, 0.5) is 10.8 Å². The molecule has 0 aliphatic carbocycles. The lowest BCUT2D eigenvalue weighted by Gasteiger charge is -2.20. The second-order valence-corrected chi connectivity index (χ2v) is 6.06. The van der Waals surface area contributed by atoms with Crippen LogP contribution in [-0.2, 0) is 4.74 Å². The molecule has 0 saturated heterocycles. The number of methoxy groups -OCH3 is 1. The zero-order valence-corrected chi connectivity index (χ0v) is 15.2. The fourth-order valence-electron chi connectivity index (χ4n) is 2.25. The number of ether oxygens (including phenoxy) is 1. The van der Waals surface area contributed by atoms with E-state index in [0.717, 1.165) is 18.7 Å². The van der Waals surface area contributed by atoms with Crippen LogP contribution in [0.2, 0.25) is 0 Å². The molecule has 0 fully saturated rings. The lowest BCUT2D eigenvalue weighted by molar-refractivity contribution is 0.0605. The summed E-state index contributed by atoms with van der Waals surface area (Å²) >= 11 is 1.22. The average molecular weight is 346 g/mol. The summed E-state index contributed by atoms with van der Waals surface area (Å²) in [5.41, 5.74) is 5.67. The Hall–Kier alpha value is -2.41. The number of esters is 1. The van der Waals surface area contributed by atoms with Gasteiger partial charge in [0.15, 0.2) is 0 Å². The molecule has 1 aromatic heterocycles. The van der Waals surface area contributed by atoms with E-state index < -0.39 is 0 Å². The molecular weight excluding hydrogens is 324 g/mol. The van der Waals surface area contributed by atoms with Gasteiger partial charge in [-0.25, -0.2) is 9.78 Å². The Morgan fingerprint density at radius 3 is 2.58 bits per heavy atom. The first kappa shape index (κ1) is 17.9. The largest absolute Gasteiger partial charge is 0.465 e. The fraction of sp³-hybridized carbons (Fsp3) is 0.353. The summed E-state index contributed by atoms with van der Waals surface area (Å²) in [5.74, 6) is -0.381. The van der Waals surface area contributed by atoms with Gasteiger partial charge in [-0.3, -0.25) is 5.43 Å². The molecule has 24 heavy (non-hydrogen) atoms. The number of thiazole rings is 1. The van der Waals surface area contributed by atoms with Gasteiger partial charge in [-0.15, -0.1) is 0 Å². The van der Waals surface area contributed by atoms with Gasteiger partial charge in [0.05, 0.1) is 19.0 Å². The molecule has 6 nitrogen and oxygen atoms in total. The number of aromatic nitrogens is 1. The molecule has 0 atom stereocenters. The molecule has 0 unspecified atom stereocenters. The summed E-state index contributed by atoms with van der Waals surface area (Å²) < 4.78 is 4.71. The van der Waals surface area contributed by atoms with E-state index in [2.05, 4.69) is 46.4 Å². The molecule has 0 bridgehead atoms. The monoisotopic (exact) mass is 346 g/mol. The first-order chi connectivity index (χ1) is 11.6. The topological polar surface area (TPSA) is 66.8 Å². The van der Waals surface area contributed by atoms with Crippen molar-refractivity contribution >= 4 is 34.3 Å². The molecule has 2 rings (SSSR count). The van der Waals surface area contributed by atoms with Crippen molar-refractivity contribution in [2.24, 2.45) is 5.10 Å². The van der Waals surface area contributed by atoms with Gasteiger partial charge < -0.3 is 9.64 Å². The SMILES string of the molecule is CCN(CC)c1ccc(/C=N/Nc2nc(C)c(C(=O)OC)s2)cc1. The van der Waals surface area contributed by atoms with Crippen molar-refractivity contribution in [2.45, 2.75) is 20.8 Å². The molecule has 1 heterocycles. The molecule has 7 heteroatoms. The Balaban J connectivity index is 2.00. The van der Waals surface area contributed by atoms with Crippen molar-refractivity contribution < 1.29 is 9.53 Å². The quantitative estimate of drug-likeness (QED) is 0.472. The summed E-state index contributed by atoms with van der Waals surface area (Å²) in [6, 6.07) is 8.20. The molecule has 0 saturated carbocycles. The summed E-state index contributed by atoms with van der Waals surface area (Å²) in [6.07, 6.45) is 1.72. The van der Waals surface area contributed by atoms with Gasteiger partial charge in [0, 0.05) is 18.8 Å². The number of rotatable bonds is 7. The van der Waals surface area contributed by atoms with Crippen LogP contribution in [-0.4, -0.2) is 37.4 Å². The van der Waals surface area contributed by atoms with Gasteiger partial charge in [0.2, 0.25) is 5.13 Å². The van der Waals surface area contributed by atoms with Crippen molar-refractivity contribution in [3.8, 4) is 0 Å². The van der Waals surface area contributed by atoms with Crippen LogP contribution < -0.4 is 10.3 Å². The van der Waals surface area contributed by atoms with E-state index in [9.17, 15) is 4.79 Å². The highest BCUT2D eigenvalue weighted by molar-refractivity contribution is 7.17. The number of hydrogen-bond acceptors (Lipinski definition) is 7. The molecule has 1 aromatic carbocycles. The van der Waals surface area contributed by atoms with E-state index >= 15 is 0 Å². The maximum atomic E-state index is 11.6. The lowest BCUT2D eigenvalue weighted by Crippen LogP contribution is -2.21. The number of carbonyl (C=O) groups excluding carboxylic acids is 1. The normalized spacial score (nSPS) is 10.8. The van der Waals surface area contributed by atoms with Crippen LogP contribution in [0.1, 0.15) is 34.8 Å². The van der Waals surface area contributed by atoms with Gasteiger partial charge in [-0.1, -0.05) is 23.5 Å². The van der Waals surface area contributed by atoms with Crippen LogP contribution in [0.15, 0.2) is 29.4 Å². The van der Waals surface area contributed by atoms with E-state index in [1.54, 1.807) is 13.1 Å². The Labute approximate surface area is 146 Å². The minimum absolute atomic E-state index is 0.381. The molecule has 0 aliphatic heterocycles. The number of hydrazone groups is 1. The zero-order chi connectivity index (χ0) is 17.5. The standard InChI is InChI=1S/C17H22N4O2S/c1-5-21(6-2)14-9-7-13(8-10-14)11-18-20-17-19-12(3)15(24-17)16(22)23-4/h7-11H,5-6H2,1-4H3,(H,19,20)/b18-11+. The van der Waals surface area contributed by atoms with Crippen molar-refractivity contribution in [3.05, 3.63) is 40.4 Å². The van der Waals surface area contributed by atoms with Gasteiger partial charge in [0.1, 0.15) is 4.88 Å². The molecule has 0 aliphatic rings. The van der Waals surface area contributed by atoms with E-state index in [1.807, 2.05) is 12.1 Å². The number of nitrogens with zero attached hydrogens (tertiary/aromatic N) is 3. The van der Waals surface area contributed by atoms with E-state index in [1.165, 1.54) is 24.1 Å². The van der Waals surface area contributed by atoms with Crippen molar-refractivity contribution in [3.63, 3.8) is 0 Å². The van der Waals surface area contributed by atoms with Gasteiger partial charge in [-0.05, 0) is 38.5 Å². The average Bonchev–Trinajstić information content (AvgIpc) is 2.97. The molecular formula is C17H22N4O2S. The lowest BCUT2D eigenvalue weighted by atomic mass is 10.2. The maximum Gasteiger partial charge on any atom is 0.350 e. The third-order valence-corrected chi connectivity index (χ3v) is 4.61. The molecule has 128 valence electrons. The first-order valence-corrected chi connectivity index (χ1v) is 8.60. The molecule has 2 aromatic rings. The second-order valence-electron chi connectivity index (χ2n) is 5.06. The second kappa shape index (κ2) is 8.44. The summed E-state index contributed by atoms with van der Waals surface area (Å²) in [6.45, 7) is 8.02. The zero-order valence-electron chi connectivity index (χ0n) is 14.4. The third-order valence-electron chi connectivity index (χ3n) is 3.56. The Bertz CT molecular complexity index is 706. The van der Waals surface area contributed by atoms with Gasteiger partial charge >= 0.3 is 5.97 Å². The number of nitrogens with one attached hydrogen (secondary N) is 1. The molecule has 1 N–H and O–H groups in total. The summed E-state index contributed by atoms with van der Waals surface area (Å²) in [4.78, 5) is 18.6. The van der Waals surface area contributed by atoms with Crippen LogP contribution in [0.5, 0.6) is 0 Å². The smallest absolute Gasteiger partial charge is 0.350 e.